The molecule has 2 aromatic carbocycles. The molecule has 0 spiro atoms. The standard InChI is InChI=1S/C21H27NO3S/c1-14(2)17-7-9-18(10-8-17)26-15(3)21(23)22-13-16-6-11-19(24-4)20(12-16)25-5/h6-12,14-15H,13H2,1-5H3,(H,22,23). The van der Waals surface area contributed by atoms with Crippen molar-refractivity contribution in [3.63, 3.8) is 0 Å². The predicted octanol–water partition coefficient (Wildman–Crippen LogP) is 4.62. The Morgan fingerprint density at radius 1 is 1.00 bits per heavy atom. The molecule has 0 fully saturated rings. The first-order valence-electron chi connectivity index (χ1n) is 8.69. The summed E-state index contributed by atoms with van der Waals surface area (Å²) in [5.41, 5.74) is 2.27. The Morgan fingerprint density at radius 3 is 2.23 bits per heavy atom. The lowest BCUT2D eigenvalue weighted by atomic mass is 10.0. The smallest absolute Gasteiger partial charge is 0.233 e. The molecule has 5 heteroatoms. The molecule has 0 saturated heterocycles. The summed E-state index contributed by atoms with van der Waals surface area (Å²) in [5, 5.41) is 2.81. The number of hydrogen-bond acceptors (Lipinski definition) is 4. The fourth-order valence-electron chi connectivity index (χ4n) is 2.51. The highest BCUT2D eigenvalue weighted by Gasteiger charge is 2.14. The highest BCUT2D eigenvalue weighted by molar-refractivity contribution is 8.00. The summed E-state index contributed by atoms with van der Waals surface area (Å²) in [6.07, 6.45) is 0. The quantitative estimate of drug-likeness (QED) is 0.686. The van der Waals surface area contributed by atoms with Crippen LogP contribution in [0.2, 0.25) is 0 Å². The van der Waals surface area contributed by atoms with E-state index in [0.717, 1.165) is 10.5 Å². The number of nitrogens with one attached hydrogen (secondary N) is 1. The summed E-state index contributed by atoms with van der Waals surface area (Å²) < 4.78 is 10.5. The van der Waals surface area contributed by atoms with Gasteiger partial charge in [0.15, 0.2) is 11.5 Å². The van der Waals surface area contributed by atoms with Crippen LogP contribution in [0.15, 0.2) is 47.4 Å². The Bertz CT molecular complexity index is 729. The highest BCUT2D eigenvalue weighted by Crippen LogP contribution is 2.28. The van der Waals surface area contributed by atoms with Gasteiger partial charge in [-0.1, -0.05) is 32.0 Å². The van der Waals surface area contributed by atoms with Gasteiger partial charge in [0.25, 0.3) is 0 Å². The maximum atomic E-state index is 12.4. The second-order valence-corrected chi connectivity index (χ2v) is 7.81. The summed E-state index contributed by atoms with van der Waals surface area (Å²) in [6, 6.07) is 14.1. The van der Waals surface area contributed by atoms with Gasteiger partial charge in [-0.05, 0) is 48.2 Å². The number of thioether (sulfide) groups is 1. The third-order valence-corrected chi connectivity index (χ3v) is 5.26. The number of benzene rings is 2. The molecule has 1 amide bonds. The van der Waals surface area contributed by atoms with Gasteiger partial charge in [-0.25, -0.2) is 0 Å². The van der Waals surface area contributed by atoms with Crippen molar-refractivity contribution in [3.8, 4) is 11.5 Å². The van der Waals surface area contributed by atoms with Crippen LogP contribution in [0.5, 0.6) is 11.5 Å². The fourth-order valence-corrected chi connectivity index (χ4v) is 3.40. The van der Waals surface area contributed by atoms with Crippen molar-refractivity contribution in [3.05, 3.63) is 53.6 Å². The SMILES string of the molecule is COc1ccc(CNC(=O)C(C)Sc2ccc(C(C)C)cc2)cc1OC. The van der Waals surface area contributed by atoms with Crippen LogP contribution in [-0.2, 0) is 11.3 Å². The van der Waals surface area contributed by atoms with Gasteiger partial charge < -0.3 is 14.8 Å². The van der Waals surface area contributed by atoms with Gasteiger partial charge in [0.05, 0.1) is 19.5 Å². The number of methoxy groups -OCH3 is 2. The molecule has 0 bridgehead atoms. The van der Waals surface area contributed by atoms with Crippen LogP contribution in [0.3, 0.4) is 0 Å². The average Bonchev–Trinajstić information content (AvgIpc) is 2.66. The summed E-state index contributed by atoms with van der Waals surface area (Å²) in [4.78, 5) is 13.5. The minimum absolute atomic E-state index is 0.0118. The second kappa shape index (κ2) is 9.53. The zero-order valence-electron chi connectivity index (χ0n) is 16.0. The lowest BCUT2D eigenvalue weighted by molar-refractivity contribution is -0.120. The number of carbonyl (C=O) groups is 1. The Hall–Kier alpha value is -2.14. The van der Waals surface area contributed by atoms with E-state index in [1.54, 1.807) is 26.0 Å². The van der Waals surface area contributed by atoms with Gasteiger partial charge >= 0.3 is 0 Å². The van der Waals surface area contributed by atoms with Gasteiger partial charge in [-0.2, -0.15) is 0 Å². The molecule has 1 N–H and O–H groups in total. The molecule has 2 rings (SSSR count). The molecule has 1 atom stereocenters. The molecular weight excluding hydrogens is 346 g/mol. The lowest BCUT2D eigenvalue weighted by Crippen LogP contribution is -2.30. The van der Waals surface area contributed by atoms with Crippen molar-refractivity contribution < 1.29 is 14.3 Å². The third-order valence-electron chi connectivity index (χ3n) is 4.14. The molecule has 0 aliphatic rings. The average molecular weight is 374 g/mol. The van der Waals surface area contributed by atoms with Gasteiger partial charge in [-0.3, -0.25) is 4.79 Å². The number of hydrogen-bond donors (Lipinski definition) is 1. The lowest BCUT2D eigenvalue weighted by Gasteiger charge is -2.14. The van der Waals surface area contributed by atoms with Crippen molar-refractivity contribution in [2.45, 2.75) is 43.4 Å². The maximum Gasteiger partial charge on any atom is 0.233 e. The molecule has 2 aromatic rings. The minimum atomic E-state index is -0.167. The van der Waals surface area contributed by atoms with Crippen molar-refractivity contribution in [1.29, 1.82) is 0 Å². The first-order valence-corrected chi connectivity index (χ1v) is 9.57. The zero-order chi connectivity index (χ0) is 19.1. The van der Waals surface area contributed by atoms with E-state index in [1.807, 2.05) is 25.1 Å². The van der Waals surface area contributed by atoms with Gasteiger partial charge in [-0.15, -0.1) is 11.8 Å². The molecule has 140 valence electrons. The number of carbonyl (C=O) groups excluding carboxylic acids is 1. The Balaban J connectivity index is 1.90. The van der Waals surface area contributed by atoms with Crippen molar-refractivity contribution in [2.24, 2.45) is 0 Å². The van der Waals surface area contributed by atoms with Crippen LogP contribution in [0, 0.1) is 0 Å². The molecule has 0 saturated carbocycles. The van der Waals surface area contributed by atoms with Gasteiger partial charge in [0.1, 0.15) is 0 Å². The van der Waals surface area contributed by atoms with E-state index in [2.05, 4.69) is 43.4 Å². The number of ether oxygens (including phenoxy) is 2. The van der Waals surface area contributed by atoms with Crippen molar-refractivity contribution in [2.75, 3.05) is 14.2 Å². The summed E-state index contributed by atoms with van der Waals surface area (Å²) >= 11 is 1.56. The van der Waals surface area contributed by atoms with E-state index >= 15 is 0 Å². The Morgan fingerprint density at radius 2 is 1.65 bits per heavy atom. The van der Waals surface area contributed by atoms with Gasteiger partial charge in [0, 0.05) is 11.4 Å². The Labute approximate surface area is 160 Å². The van der Waals surface area contributed by atoms with Crippen LogP contribution in [-0.4, -0.2) is 25.4 Å². The van der Waals surface area contributed by atoms with E-state index in [0.29, 0.717) is 24.0 Å². The second-order valence-electron chi connectivity index (χ2n) is 6.39. The van der Waals surface area contributed by atoms with E-state index in [1.165, 1.54) is 5.56 Å². The van der Waals surface area contributed by atoms with Crippen molar-refractivity contribution in [1.82, 2.24) is 5.32 Å². The Kier molecular flexibility index (Phi) is 7.39. The molecule has 0 radical (unpaired) electrons. The number of rotatable bonds is 8. The topological polar surface area (TPSA) is 47.6 Å². The first kappa shape index (κ1) is 20.2. The van der Waals surface area contributed by atoms with Crippen LogP contribution in [0.4, 0.5) is 0 Å². The molecule has 0 aliphatic carbocycles. The maximum absolute atomic E-state index is 12.4. The molecular formula is C21H27NO3S. The van der Waals surface area contributed by atoms with Gasteiger partial charge in [0.2, 0.25) is 5.91 Å². The molecule has 1 unspecified atom stereocenters. The molecule has 26 heavy (non-hydrogen) atoms. The van der Waals surface area contributed by atoms with E-state index in [-0.39, 0.29) is 11.2 Å². The minimum Gasteiger partial charge on any atom is -0.493 e. The molecule has 4 nitrogen and oxygen atoms in total. The monoisotopic (exact) mass is 373 g/mol. The highest BCUT2D eigenvalue weighted by atomic mass is 32.2. The largest absolute Gasteiger partial charge is 0.493 e. The van der Waals surface area contributed by atoms with Crippen LogP contribution in [0.25, 0.3) is 0 Å². The summed E-state index contributed by atoms with van der Waals surface area (Å²) in [5.74, 6) is 1.86. The van der Waals surface area contributed by atoms with Crippen LogP contribution >= 0.6 is 11.8 Å². The fraction of sp³-hybridized carbons (Fsp3) is 0.381. The van der Waals surface area contributed by atoms with E-state index in [9.17, 15) is 4.79 Å². The van der Waals surface area contributed by atoms with Crippen LogP contribution < -0.4 is 14.8 Å². The number of amides is 1. The summed E-state index contributed by atoms with van der Waals surface area (Å²) in [6.45, 7) is 6.72. The molecule has 0 aromatic heterocycles. The van der Waals surface area contributed by atoms with Crippen LogP contribution in [0.1, 0.15) is 37.8 Å². The first-order chi connectivity index (χ1) is 12.4. The molecule has 0 aliphatic heterocycles. The van der Waals surface area contributed by atoms with Crippen molar-refractivity contribution >= 4 is 17.7 Å². The van der Waals surface area contributed by atoms with E-state index < -0.39 is 0 Å². The normalized spacial score (nSPS) is 11.9. The van der Waals surface area contributed by atoms with E-state index in [4.69, 9.17) is 9.47 Å². The summed E-state index contributed by atoms with van der Waals surface area (Å²) in [7, 11) is 3.20. The predicted molar refractivity (Wildman–Crippen MR) is 107 cm³/mol. The third kappa shape index (κ3) is 5.43. The zero-order valence-corrected chi connectivity index (χ0v) is 16.9. The molecule has 0 heterocycles.